The molecular formula is C17H25NO2. The van der Waals surface area contributed by atoms with Crippen molar-refractivity contribution in [1.82, 2.24) is 5.32 Å². The number of nitrogens with one attached hydrogen (secondary N) is 1. The minimum atomic E-state index is -0.566. The summed E-state index contributed by atoms with van der Waals surface area (Å²) in [5.74, 6) is 3.48. The molecule has 0 heterocycles. The number of aliphatic hydroxyl groups excluding tert-OH is 1. The van der Waals surface area contributed by atoms with E-state index in [1.807, 2.05) is 26.0 Å². The summed E-state index contributed by atoms with van der Waals surface area (Å²) < 4.78 is 5.61. The van der Waals surface area contributed by atoms with Gasteiger partial charge in [0, 0.05) is 6.54 Å². The van der Waals surface area contributed by atoms with E-state index in [-0.39, 0.29) is 12.6 Å². The van der Waals surface area contributed by atoms with Gasteiger partial charge in [-0.1, -0.05) is 25.3 Å². The molecule has 0 saturated carbocycles. The van der Waals surface area contributed by atoms with E-state index in [1.54, 1.807) is 0 Å². The van der Waals surface area contributed by atoms with Crippen molar-refractivity contribution in [3.8, 4) is 18.1 Å². The van der Waals surface area contributed by atoms with Crippen LogP contribution < -0.4 is 10.1 Å². The van der Waals surface area contributed by atoms with Crippen molar-refractivity contribution >= 4 is 0 Å². The Labute approximate surface area is 122 Å². The van der Waals surface area contributed by atoms with Crippen LogP contribution in [-0.2, 0) is 0 Å². The largest absolute Gasteiger partial charge is 0.491 e. The zero-order chi connectivity index (χ0) is 15.0. The van der Waals surface area contributed by atoms with Crippen molar-refractivity contribution in [2.24, 2.45) is 0 Å². The molecule has 2 atom stereocenters. The fraction of sp³-hybridized carbons (Fsp3) is 0.529. The Morgan fingerprint density at radius 1 is 1.30 bits per heavy atom. The van der Waals surface area contributed by atoms with Gasteiger partial charge < -0.3 is 15.2 Å². The maximum absolute atomic E-state index is 9.91. The Morgan fingerprint density at radius 2 is 1.95 bits per heavy atom. The molecule has 0 aliphatic heterocycles. The highest BCUT2D eigenvalue weighted by Crippen LogP contribution is 2.16. The zero-order valence-electron chi connectivity index (χ0n) is 12.6. The summed E-state index contributed by atoms with van der Waals surface area (Å²) in [4.78, 5) is 0. The quantitative estimate of drug-likeness (QED) is 0.716. The number of ether oxygens (including phenoxy) is 1. The predicted octanol–water partition coefficient (Wildman–Crippen LogP) is 2.43. The molecule has 1 aromatic carbocycles. The number of terminal acetylenes is 1. The van der Waals surface area contributed by atoms with Gasteiger partial charge in [0.2, 0.25) is 0 Å². The number of hydrogen-bond donors (Lipinski definition) is 2. The third-order valence-corrected chi connectivity index (χ3v) is 3.02. The minimum Gasteiger partial charge on any atom is -0.491 e. The molecule has 0 radical (unpaired) electrons. The fourth-order valence-corrected chi connectivity index (χ4v) is 2.08. The number of hydrogen-bond acceptors (Lipinski definition) is 3. The second-order valence-electron chi connectivity index (χ2n) is 5.20. The first kappa shape index (κ1) is 16.6. The molecule has 0 aliphatic rings. The van der Waals surface area contributed by atoms with Gasteiger partial charge in [0.1, 0.15) is 18.5 Å². The van der Waals surface area contributed by atoms with E-state index in [0.717, 1.165) is 29.7 Å². The monoisotopic (exact) mass is 275 g/mol. The second-order valence-corrected chi connectivity index (χ2v) is 5.20. The van der Waals surface area contributed by atoms with Crippen molar-refractivity contribution < 1.29 is 9.84 Å². The van der Waals surface area contributed by atoms with Gasteiger partial charge in [0.25, 0.3) is 0 Å². The van der Waals surface area contributed by atoms with E-state index in [9.17, 15) is 5.11 Å². The molecule has 0 amide bonds. The van der Waals surface area contributed by atoms with Crippen LogP contribution in [0.1, 0.15) is 30.9 Å². The van der Waals surface area contributed by atoms with Gasteiger partial charge in [-0.3, -0.25) is 0 Å². The molecule has 0 bridgehead atoms. The normalized spacial score (nSPS) is 13.6. The van der Waals surface area contributed by atoms with Crippen molar-refractivity contribution in [3.05, 3.63) is 29.3 Å². The van der Waals surface area contributed by atoms with Gasteiger partial charge >= 0.3 is 0 Å². The Hall–Kier alpha value is -1.50. The molecule has 3 heteroatoms. The molecule has 110 valence electrons. The molecule has 1 aromatic rings. The minimum absolute atomic E-state index is 0.0239. The number of aliphatic hydroxyl groups is 1. The van der Waals surface area contributed by atoms with Crippen LogP contribution in [0.3, 0.4) is 0 Å². The van der Waals surface area contributed by atoms with E-state index in [0.29, 0.717) is 6.54 Å². The highest BCUT2D eigenvalue weighted by molar-refractivity contribution is 5.32. The van der Waals surface area contributed by atoms with Crippen LogP contribution in [0.25, 0.3) is 0 Å². The van der Waals surface area contributed by atoms with Crippen LogP contribution in [-0.4, -0.2) is 30.4 Å². The summed E-state index contributed by atoms with van der Waals surface area (Å²) in [6.45, 7) is 6.85. The average Bonchev–Trinajstić information content (AvgIpc) is 2.40. The molecular weight excluding hydrogens is 250 g/mol. The summed E-state index contributed by atoms with van der Waals surface area (Å²) in [5, 5.41) is 13.1. The summed E-state index contributed by atoms with van der Waals surface area (Å²) >= 11 is 0. The third kappa shape index (κ3) is 6.10. The first-order valence-corrected chi connectivity index (χ1v) is 7.13. The number of benzene rings is 1. The van der Waals surface area contributed by atoms with Crippen LogP contribution in [0.4, 0.5) is 0 Å². The van der Waals surface area contributed by atoms with E-state index in [1.165, 1.54) is 0 Å². The van der Waals surface area contributed by atoms with E-state index >= 15 is 0 Å². The van der Waals surface area contributed by atoms with Gasteiger partial charge in [0.05, 0.1) is 6.04 Å². The summed E-state index contributed by atoms with van der Waals surface area (Å²) in [6.07, 6.45) is 6.79. The van der Waals surface area contributed by atoms with Gasteiger partial charge in [-0.2, -0.15) is 0 Å². The Morgan fingerprint density at radius 3 is 2.50 bits per heavy atom. The Balaban J connectivity index is 2.36. The SMILES string of the molecule is C#CC(CCC)NCC(O)COc1cc(C)cc(C)c1. The van der Waals surface area contributed by atoms with E-state index in [4.69, 9.17) is 11.2 Å². The van der Waals surface area contributed by atoms with Crippen molar-refractivity contribution in [2.45, 2.75) is 45.8 Å². The van der Waals surface area contributed by atoms with Crippen LogP contribution in [0.15, 0.2) is 18.2 Å². The van der Waals surface area contributed by atoms with Crippen LogP contribution in [0.2, 0.25) is 0 Å². The lowest BCUT2D eigenvalue weighted by Crippen LogP contribution is -2.37. The maximum atomic E-state index is 9.91. The number of aryl methyl sites for hydroxylation is 2. The molecule has 0 spiro atoms. The van der Waals surface area contributed by atoms with E-state index in [2.05, 4.69) is 24.2 Å². The average molecular weight is 275 g/mol. The van der Waals surface area contributed by atoms with E-state index < -0.39 is 6.10 Å². The lowest BCUT2D eigenvalue weighted by molar-refractivity contribution is 0.105. The first-order valence-electron chi connectivity index (χ1n) is 7.13. The molecule has 2 N–H and O–H groups in total. The predicted molar refractivity (Wildman–Crippen MR) is 82.9 cm³/mol. The van der Waals surface area contributed by atoms with Crippen LogP contribution in [0, 0.1) is 26.2 Å². The molecule has 20 heavy (non-hydrogen) atoms. The Bertz CT molecular complexity index is 431. The smallest absolute Gasteiger partial charge is 0.119 e. The van der Waals surface area contributed by atoms with Crippen molar-refractivity contribution in [3.63, 3.8) is 0 Å². The highest BCUT2D eigenvalue weighted by Gasteiger charge is 2.09. The molecule has 1 rings (SSSR count). The van der Waals surface area contributed by atoms with Gasteiger partial charge in [-0.05, 0) is 43.5 Å². The molecule has 0 fully saturated rings. The summed E-state index contributed by atoms with van der Waals surface area (Å²) in [7, 11) is 0. The Kier molecular flexibility index (Phi) is 7.14. The van der Waals surface area contributed by atoms with Crippen LogP contribution >= 0.6 is 0 Å². The zero-order valence-corrected chi connectivity index (χ0v) is 12.6. The first-order chi connectivity index (χ1) is 9.55. The topological polar surface area (TPSA) is 41.5 Å². The molecule has 0 aliphatic carbocycles. The number of rotatable bonds is 8. The van der Waals surface area contributed by atoms with Gasteiger partial charge in [-0.15, -0.1) is 6.42 Å². The lowest BCUT2D eigenvalue weighted by Gasteiger charge is -2.17. The highest BCUT2D eigenvalue weighted by atomic mass is 16.5. The molecule has 0 saturated heterocycles. The van der Waals surface area contributed by atoms with Gasteiger partial charge in [0.15, 0.2) is 0 Å². The molecule has 3 nitrogen and oxygen atoms in total. The van der Waals surface area contributed by atoms with Crippen molar-refractivity contribution in [1.29, 1.82) is 0 Å². The molecule has 0 aromatic heterocycles. The summed E-state index contributed by atoms with van der Waals surface area (Å²) in [5.41, 5.74) is 2.31. The third-order valence-electron chi connectivity index (χ3n) is 3.02. The summed E-state index contributed by atoms with van der Waals surface area (Å²) in [6, 6.07) is 6.05. The van der Waals surface area contributed by atoms with Crippen LogP contribution in [0.5, 0.6) is 5.75 Å². The fourth-order valence-electron chi connectivity index (χ4n) is 2.08. The van der Waals surface area contributed by atoms with Crippen molar-refractivity contribution in [2.75, 3.05) is 13.2 Å². The standard InChI is InChI=1S/C17H25NO2/c1-5-7-15(6-2)18-11-16(19)12-20-17-9-13(3)8-14(4)10-17/h2,8-10,15-16,18-19H,5,7,11-12H2,1,3-4H3. The second kappa shape index (κ2) is 8.63. The maximum Gasteiger partial charge on any atom is 0.119 e. The molecule has 2 unspecified atom stereocenters. The van der Waals surface area contributed by atoms with Gasteiger partial charge in [-0.25, -0.2) is 0 Å². The lowest BCUT2D eigenvalue weighted by atomic mass is 10.1.